The second-order valence-electron chi connectivity index (χ2n) is 6.23. The van der Waals surface area contributed by atoms with E-state index in [2.05, 4.69) is 5.32 Å². The highest BCUT2D eigenvalue weighted by Gasteiger charge is 2.31. The molecule has 0 radical (unpaired) electrons. The summed E-state index contributed by atoms with van der Waals surface area (Å²) >= 11 is 0. The van der Waals surface area contributed by atoms with Gasteiger partial charge in [-0.1, -0.05) is 36.4 Å². The lowest BCUT2D eigenvalue weighted by atomic mass is 9.91. The summed E-state index contributed by atoms with van der Waals surface area (Å²) < 4.78 is 37.0. The lowest BCUT2D eigenvalue weighted by molar-refractivity contribution is -0.126. The summed E-state index contributed by atoms with van der Waals surface area (Å²) in [6.45, 7) is 3.27. The fourth-order valence-corrected chi connectivity index (χ4v) is 3.16. The normalized spacial score (nSPS) is 15.2. The van der Waals surface area contributed by atoms with Crippen molar-refractivity contribution >= 4 is 15.7 Å². The zero-order chi connectivity index (χ0) is 18.8. The van der Waals surface area contributed by atoms with E-state index in [4.69, 9.17) is 5.73 Å². The van der Waals surface area contributed by atoms with E-state index in [1.807, 2.05) is 6.07 Å². The van der Waals surface area contributed by atoms with Crippen LogP contribution in [0.25, 0.3) is 0 Å². The molecule has 2 atom stereocenters. The Kier molecular flexibility index (Phi) is 5.29. The van der Waals surface area contributed by atoms with Crippen LogP contribution in [-0.4, -0.2) is 20.6 Å². The Morgan fingerprint density at radius 1 is 1.20 bits per heavy atom. The van der Waals surface area contributed by atoms with Crippen LogP contribution in [0.5, 0.6) is 0 Å². The van der Waals surface area contributed by atoms with Crippen molar-refractivity contribution in [3.63, 3.8) is 0 Å². The summed E-state index contributed by atoms with van der Waals surface area (Å²) in [6, 6.07) is 12.1. The fourth-order valence-electron chi connectivity index (χ4n) is 2.43. The van der Waals surface area contributed by atoms with Crippen molar-refractivity contribution < 1.29 is 17.6 Å². The highest BCUT2D eigenvalue weighted by atomic mass is 32.2. The molecule has 0 aliphatic rings. The van der Waals surface area contributed by atoms with Gasteiger partial charge in [-0.15, -0.1) is 0 Å². The Hall–Kier alpha value is -2.25. The van der Waals surface area contributed by atoms with E-state index in [1.165, 1.54) is 12.1 Å². The standard InChI is InChI=1S/C18H21FN2O3S/c1-12(13-9-10-16(15(19)11-13)25(3,23)24)21-17(22)18(2,20)14-7-5-4-6-8-14/h4-12H,20H2,1-3H3,(H,21,22). The molecule has 0 bridgehead atoms. The zero-order valence-corrected chi connectivity index (χ0v) is 15.1. The Balaban J connectivity index is 2.21. The number of hydrogen-bond acceptors (Lipinski definition) is 4. The van der Waals surface area contributed by atoms with Gasteiger partial charge in [-0.05, 0) is 37.1 Å². The molecule has 0 heterocycles. The van der Waals surface area contributed by atoms with Gasteiger partial charge in [-0.3, -0.25) is 4.79 Å². The van der Waals surface area contributed by atoms with Crippen molar-refractivity contribution in [3.05, 3.63) is 65.5 Å². The Morgan fingerprint density at radius 2 is 1.80 bits per heavy atom. The number of sulfone groups is 1. The van der Waals surface area contributed by atoms with Gasteiger partial charge in [0.2, 0.25) is 5.91 Å². The molecule has 0 saturated carbocycles. The van der Waals surface area contributed by atoms with Crippen LogP contribution < -0.4 is 11.1 Å². The Bertz CT molecular complexity index is 880. The van der Waals surface area contributed by atoms with Gasteiger partial charge in [-0.2, -0.15) is 0 Å². The zero-order valence-electron chi connectivity index (χ0n) is 14.3. The average Bonchev–Trinajstić information content (AvgIpc) is 2.54. The summed E-state index contributed by atoms with van der Waals surface area (Å²) in [5.74, 6) is -1.27. The highest BCUT2D eigenvalue weighted by Crippen LogP contribution is 2.22. The van der Waals surface area contributed by atoms with Gasteiger partial charge in [0, 0.05) is 6.26 Å². The minimum Gasteiger partial charge on any atom is -0.348 e. The quantitative estimate of drug-likeness (QED) is 0.852. The van der Waals surface area contributed by atoms with Crippen molar-refractivity contribution in [3.8, 4) is 0 Å². The van der Waals surface area contributed by atoms with Gasteiger partial charge in [0.25, 0.3) is 0 Å². The van der Waals surface area contributed by atoms with Gasteiger partial charge in [0.1, 0.15) is 16.3 Å². The average molecular weight is 364 g/mol. The van der Waals surface area contributed by atoms with Gasteiger partial charge >= 0.3 is 0 Å². The maximum Gasteiger partial charge on any atom is 0.244 e. The van der Waals surface area contributed by atoms with Crippen molar-refractivity contribution in [2.24, 2.45) is 5.73 Å². The molecule has 2 unspecified atom stereocenters. The van der Waals surface area contributed by atoms with Crippen molar-refractivity contribution in [2.45, 2.75) is 30.3 Å². The van der Waals surface area contributed by atoms with E-state index >= 15 is 0 Å². The molecular weight excluding hydrogens is 343 g/mol. The molecule has 0 saturated heterocycles. The summed E-state index contributed by atoms with van der Waals surface area (Å²) in [5, 5.41) is 2.74. The van der Waals surface area contributed by atoms with Crippen LogP contribution in [0.1, 0.15) is 31.0 Å². The first kappa shape index (κ1) is 19.1. The third kappa shape index (κ3) is 4.24. The van der Waals surface area contributed by atoms with Gasteiger partial charge in [-0.25, -0.2) is 12.8 Å². The van der Waals surface area contributed by atoms with Crippen LogP contribution in [0.3, 0.4) is 0 Å². The fraction of sp³-hybridized carbons (Fsp3) is 0.278. The maximum absolute atomic E-state index is 14.0. The molecule has 0 aliphatic heterocycles. The third-order valence-electron chi connectivity index (χ3n) is 4.05. The van der Waals surface area contributed by atoms with E-state index in [0.717, 1.165) is 12.3 Å². The molecule has 2 rings (SSSR count). The second kappa shape index (κ2) is 6.93. The predicted octanol–water partition coefficient (Wildman–Crippen LogP) is 2.28. The molecule has 134 valence electrons. The molecule has 7 heteroatoms. The molecule has 2 aromatic carbocycles. The highest BCUT2D eigenvalue weighted by molar-refractivity contribution is 7.90. The molecule has 3 N–H and O–H groups in total. The number of amides is 1. The lowest BCUT2D eigenvalue weighted by Crippen LogP contribution is -2.49. The predicted molar refractivity (Wildman–Crippen MR) is 94.0 cm³/mol. The van der Waals surface area contributed by atoms with Crippen LogP contribution in [0.15, 0.2) is 53.4 Å². The molecule has 0 spiro atoms. The topological polar surface area (TPSA) is 89.3 Å². The smallest absolute Gasteiger partial charge is 0.244 e. The maximum atomic E-state index is 14.0. The molecule has 2 aromatic rings. The molecule has 1 amide bonds. The number of benzene rings is 2. The first-order valence-corrected chi connectivity index (χ1v) is 9.57. The molecule has 0 fully saturated rings. The summed E-state index contributed by atoms with van der Waals surface area (Å²) in [7, 11) is -3.64. The Morgan fingerprint density at radius 3 is 2.32 bits per heavy atom. The molecule has 0 aromatic heterocycles. The van der Waals surface area contributed by atoms with Crippen molar-refractivity contribution in [2.75, 3.05) is 6.26 Å². The summed E-state index contributed by atoms with van der Waals surface area (Å²) in [6.07, 6.45) is 0.940. The van der Waals surface area contributed by atoms with E-state index in [1.54, 1.807) is 38.1 Å². The molecule has 5 nitrogen and oxygen atoms in total. The number of carbonyl (C=O) groups excluding carboxylic acids is 1. The van der Waals surface area contributed by atoms with Crippen LogP contribution >= 0.6 is 0 Å². The summed E-state index contributed by atoms with van der Waals surface area (Å²) in [5.41, 5.74) is 6.00. The molecule has 25 heavy (non-hydrogen) atoms. The van der Waals surface area contributed by atoms with E-state index < -0.39 is 33.1 Å². The monoisotopic (exact) mass is 364 g/mol. The molecular formula is C18H21FN2O3S. The number of nitrogens with two attached hydrogens (primary N) is 1. The number of halogens is 1. The SMILES string of the molecule is CC(NC(=O)C(C)(N)c1ccccc1)c1ccc(S(C)(=O)=O)c(F)c1. The molecule has 0 aliphatic carbocycles. The van der Waals surface area contributed by atoms with E-state index in [0.29, 0.717) is 11.1 Å². The number of hydrogen-bond donors (Lipinski definition) is 2. The van der Waals surface area contributed by atoms with Gasteiger partial charge < -0.3 is 11.1 Å². The lowest BCUT2D eigenvalue weighted by Gasteiger charge is -2.26. The first-order chi connectivity index (χ1) is 11.5. The summed E-state index contributed by atoms with van der Waals surface area (Å²) in [4.78, 5) is 12.2. The second-order valence-corrected chi connectivity index (χ2v) is 8.21. The third-order valence-corrected chi connectivity index (χ3v) is 5.18. The van der Waals surface area contributed by atoms with Crippen LogP contribution in [0, 0.1) is 5.82 Å². The largest absolute Gasteiger partial charge is 0.348 e. The number of rotatable bonds is 5. The van der Waals surface area contributed by atoms with Gasteiger partial charge in [0.15, 0.2) is 9.84 Å². The number of carbonyl (C=O) groups is 1. The Labute approximate surface area is 147 Å². The van der Waals surface area contributed by atoms with Crippen LogP contribution in [0.4, 0.5) is 4.39 Å². The first-order valence-electron chi connectivity index (χ1n) is 7.68. The van der Waals surface area contributed by atoms with Crippen LogP contribution in [0.2, 0.25) is 0 Å². The van der Waals surface area contributed by atoms with Crippen LogP contribution in [-0.2, 0) is 20.2 Å². The minimum atomic E-state index is -3.64. The van der Waals surface area contributed by atoms with E-state index in [-0.39, 0.29) is 4.90 Å². The number of nitrogens with one attached hydrogen (secondary N) is 1. The van der Waals surface area contributed by atoms with E-state index in [9.17, 15) is 17.6 Å². The van der Waals surface area contributed by atoms with Gasteiger partial charge in [0.05, 0.1) is 6.04 Å². The van der Waals surface area contributed by atoms with Crippen molar-refractivity contribution in [1.29, 1.82) is 0 Å². The minimum absolute atomic E-state index is 0.372. The van der Waals surface area contributed by atoms with Crippen molar-refractivity contribution in [1.82, 2.24) is 5.32 Å².